The van der Waals surface area contributed by atoms with Gasteiger partial charge in [0, 0.05) is 31.5 Å². The largest absolute Gasteiger partial charge is 0.490 e. The monoisotopic (exact) mass is 738 g/mol. The van der Waals surface area contributed by atoms with Crippen LogP contribution < -0.4 is 19.3 Å². The number of nitrogens with zero attached hydrogens (tertiary/aromatic N) is 6. The smallest absolute Gasteiger partial charge is 0.416 e. The lowest BCUT2D eigenvalue weighted by molar-refractivity contribution is -0.143. The van der Waals surface area contributed by atoms with Gasteiger partial charge in [-0.05, 0) is 61.9 Å². The predicted octanol–water partition coefficient (Wildman–Crippen LogP) is 7.73. The van der Waals surface area contributed by atoms with Crippen LogP contribution in [0.15, 0.2) is 42.7 Å². The molecule has 0 saturated carbocycles. The zero-order chi connectivity index (χ0) is 38.1. The minimum atomic E-state index is -5.09. The molecule has 18 heteroatoms. The molecule has 1 aromatic carbocycles. The Hall–Kier alpha value is -5.34. The van der Waals surface area contributed by atoms with Crippen LogP contribution in [0.25, 0.3) is 0 Å². The van der Waals surface area contributed by atoms with Gasteiger partial charge >= 0.3 is 24.4 Å². The Morgan fingerprint density at radius 1 is 1.02 bits per heavy atom. The summed E-state index contributed by atoms with van der Waals surface area (Å²) in [5.74, 6) is -0.742. The van der Waals surface area contributed by atoms with Crippen LogP contribution in [0, 0.1) is 11.3 Å². The second-order valence-corrected chi connectivity index (χ2v) is 11.8. The van der Waals surface area contributed by atoms with Gasteiger partial charge in [-0.2, -0.15) is 31.6 Å². The Kier molecular flexibility index (Phi) is 13.1. The summed E-state index contributed by atoms with van der Waals surface area (Å²) >= 11 is 0. The van der Waals surface area contributed by atoms with Crippen molar-refractivity contribution in [2.75, 3.05) is 30.1 Å². The van der Waals surface area contributed by atoms with Crippen molar-refractivity contribution in [3.63, 3.8) is 0 Å². The van der Waals surface area contributed by atoms with E-state index in [1.807, 2.05) is 6.07 Å². The SMILES string of the molecule is CC[C@@H]1CC(N(Cc2cc(C(F)(F)F)cc(C(F)(F)F)c2)c2ncc(OCCCC#N)cn2)c2nc(OC)ccc2N1C(=O)OCCCCC(=O)O. The molecule has 3 heterocycles. The number of carboxylic acid groups (broad SMARTS) is 1. The van der Waals surface area contributed by atoms with E-state index in [1.165, 1.54) is 35.4 Å². The maximum absolute atomic E-state index is 13.9. The normalized spacial score (nSPS) is 15.7. The number of ether oxygens (including phenoxy) is 3. The molecule has 0 radical (unpaired) electrons. The number of aliphatic carboxylic acids is 1. The molecule has 0 saturated heterocycles. The highest BCUT2D eigenvalue weighted by molar-refractivity contribution is 5.90. The summed E-state index contributed by atoms with van der Waals surface area (Å²) in [5.41, 5.74) is -2.89. The van der Waals surface area contributed by atoms with E-state index in [9.17, 15) is 35.9 Å². The minimum absolute atomic E-state index is 0.0450. The molecule has 0 fully saturated rings. The Morgan fingerprint density at radius 2 is 1.69 bits per heavy atom. The number of halogens is 6. The van der Waals surface area contributed by atoms with Crippen molar-refractivity contribution >= 4 is 23.7 Å². The number of hydrogen-bond donors (Lipinski definition) is 1. The highest BCUT2D eigenvalue weighted by Gasteiger charge is 2.42. The predicted molar refractivity (Wildman–Crippen MR) is 173 cm³/mol. The van der Waals surface area contributed by atoms with Crippen LogP contribution in [0.1, 0.15) is 80.3 Å². The zero-order valence-corrected chi connectivity index (χ0v) is 28.2. The Bertz CT molecular complexity index is 1700. The van der Waals surface area contributed by atoms with Crippen molar-refractivity contribution in [1.29, 1.82) is 5.26 Å². The molecule has 1 aliphatic heterocycles. The molecule has 0 aliphatic carbocycles. The number of pyridine rings is 1. The summed E-state index contributed by atoms with van der Waals surface area (Å²) in [6.07, 6.45) is -6.78. The molecular weight excluding hydrogens is 702 g/mol. The van der Waals surface area contributed by atoms with Gasteiger partial charge in [-0.15, -0.1) is 0 Å². The third-order valence-corrected chi connectivity index (χ3v) is 8.15. The molecule has 2 atom stereocenters. The van der Waals surface area contributed by atoms with Crippen molar-refractivity contribution in [3.05, 3.63) is 65.1 Å². The van der Waals surface area contributed by atoms with Crippen molar-refractivity contribution in [3.8, 4) is 17.7 Å². The summed E-state index contributed by atoms with van der Waals surface area (Å²) in [5, 5.41) is 17.7. The highest BCUT2D eigenvalue weighted by atomic mass is 19.4. The van der Waals surface area contributed by atoms with Gasteiger partial charge in [-0.25, -0.2) is 19.7 Å². The average molecular weight is 739 g/mol. The fraction of sp³-hybridized carbons (Fsp3) is 0.471. The first kappa shape index (κ1) is 39.4. The first-order valence-electron chi connectivity index (χ1n) is 16.3. The number of aromatic nitrogens is 3. The standard InChI is InChI=1S/C34H36F6N6O6/c1-3-24-17-27(30-26(9-10-28(44-30)50-2)46(24)32(49)52-13-6-4-8-29(47)48)45(31-42-18-25(19-43-31)51-12-7-5-11-41)20-21-14-22(33(35,36)37)16-23(15-21)34(38,39)40/h9-10,14-16,18-19,24,27H,3-8,12-13,17,20H2,1-2H3,(H,47,48)/t24-,27?/m1/s1. The van der Waals surface area contributed by atoms with Crippen molar-refractivity contribution in [2.45, 2.75) is 82.9 Å². The Labute approximate surface area is 294 Å². The second-order valence-electron chi connectivity index (χ2n) is 11.8. The number of carbonyl (C=O) groups is 2. The number of carbonyl (C=O) groups excluding carboxylic acids is 1. The number of carboxylic acids is 1. The number of fused-ring (bicyclic) bond motifs is 1. The van der Waals surface area contributed by atoms with Gasteiger partial charge in [0.1, 0.15) is 0 Å². The number of anilines is 2. The van der Waals surface area contributed by atoms with E-state index in [0.717, 1.165) is 0 Å². The van der Waals surface area contributed by atoms with E-state index in [0.29, 0.717) is 31.4 Å². The number of unbranched alkanes of at least 4 members (excludes halogenated alkanes) is 2. The maximum Gasteiger partial charge on any atom is 0.416 e. The van der Waals surface area contributed by atoms with E-state index in [1.54, 1.807) is 13.0 Å². The molecule has 12 nitrogen and oxygen atoms in total. The molecule has 1 aliphatic rings. The van der Waals surface area contributed by atoms with Gasteiger partial charge in [-0.3, -0.25) is 9.69 Å². The lowest BCUT2D eigenvalue weighted by Gasteiger charge is -2.43. The van der Waals surface area contributed by atoms with E-state index in [2.05, 4.69) is 15.0 Å². The number of nitriles is 1. The van der Waals surface area contributed by atoms with Gasteiger partial charge in [0.15, 0.2) is 5.75 Å². The summed E-state index contributed by atoms with van der Waals surface area (Å²) in [4.78, 5) is 40.4. The number of amides is 1. The number of benzene rings is 1. The number of rotatable bonds is 15. The Balaban J connectivity index is 1.80. The van der Waals surface area contributed by atoms with Gasteiger partial charge in [0.05, 0.1) is 67.3 Å². The second kappa shape index (κ2) is 17.2. The van der Waals surface area contributed by atoms with Crippen molar-refractivity contribution in [2.24, 2.45) is 0 Å². The van der Waals surface area contributed by atoms with Crippen molar-refractivity contribution < 1.29 is 55.2 Å². The molecule has 4 rings (SSSR count). The fourth-order valence-electron chi connectivity index (χ4n) is 5.66. The summed E-state index contributed by atoms with van der Waals surface area (Å²) in [6.45, 7) is 1.36. The van der Waals surface area contributed by atoms with Gasteiger partial charge in [0.2, 0.25) is 11.8 Å². The molecule has 1 amide bonds. The number of hydrogen-bond acceptors (Lipinski definition) is 10. The van der Waals surface area contributed by atoms with Crippen molar-refractivity contribution in [1.82, 2.24) is 15.0 Å². The van der Waals surface area contributed by atoms with E-state index in [4.69, 9.17) is 24.6 Å². The topological polar surface area (TPSA) is 151 Å². The van der Waals surface area contributed by atoms with E-state index in [-0.39, 0.29) is 79.5 Å². The third-order valence-electron chi connectivity index (χ3n) is 8.15. The quantitative estimate of drug-likeness (QED) is 0.121. The molecule has 1 N–H and O–H groups in total. The molecule has 2 aromatic heterocycles. The van der Waals surface area contributed by atoms with Crippen LogP contribution in [0.4, 0.5) is 42.8 Å². The maximum atomic E-state index is 13.9. The fourth-order valence-corrected chi connectivity index (χ4v) is 5.66. The summed E-state index contributed by atoms with van der Waals surface area (Å²) in [6, 6.07) is 4.81. The van der Waals surface area contributed by atoms with Crippen LogP contribution in [0.5, 0.6) is 11.6 Å². The number of alkyl halides is 6. The first-order chi connectivity index (χ1) is 24.7. The molecule has 280 valence electrons. The molecule has 52 heavy (non-hydrogen) atoms. The minimum Gasteiger partial charge on any atom is -0.490 e. The van der Waals surface area contributed by atoms with Gasteiger partial charge in [0.25, 0.3) is 0 Å². The molecule has 0 bridgehead atoms. The van der Waals surface area contributed by atoms with Crippen LogP contribution in [-0.2, 0) is 28.4 Å². The lowest BCUT2D eigenvalue weighted by atomic mass is 9.92. The highest BCUT2D eigenvalue weighted by Crippen LogP contribution is 2.44. The molecular formula is C34H36F6N6O6. The van der Waals surface area contributed by atoms with E-state index >= 15 is 0 Å². The molecule has 3 aromatic rings. The van der Waals surface area contributed by atoms with Crippen LogP contribution >= 0.6 is 0 Å². The van der Waals surface area contributed by atoms with Gasteiger partial charge in [-0.1, -0.05) is 6.92 Å². The summed E-state index contributed by atoms with van der Waals surface area (Å²) < 4.78 is 99.6. The van der Waals surface area contributed by atoms with Gasteiger partial charge < -0.3 is 24.2 Å². The first-order valence-corrected chi connectivity index (χ1v) is 16.3. The Morgan fingerprint density at radius 3 is 2.27 bits per heavy atom. The molecule has 0 spiro atoms. The zero-order valence-electron chi connectivity index (χ0n) is 28.2. The van der Waals surface area contributed by atoms with Crippen LogP contribution in [0.3, 0.4) is 0 Å². The third kappa shape index (κ3) is 10.1. The van der Waals surface area contributed by atoms with E-state index < -0.39 is 54.2 Å². The molecule has 1 unspecified atom stereocenters. The van der Waals surface area contributed by atoms with Crippen LogP contribution in [0.2, 0.25) is 0 Å². The lowest BCUT2D eigenvalue weighted by Crippen LogP contribution is -2.48. The average Bonchev–Trinajstić information content (AvgIpc) is 3.10. The summed E-state index contributed by atoms with van der Waals surface area (Å²) in [7, 11) is 1.35. The van der Waals surface area contributed by atoms with Crippen LogP contribution in [-0.4, -0.2) is 58.5 Å². The number of methoxy groups -OCH3 is 1.